The molecule has 1 heterocycles. The summed E-state index contributed by atoms with van der Waals surface area (Å²) in [6.07, 6.45) is 2.23. The maximum Gasteiger partial charge on any atom is 0.224 e. The van der Waals surface area contributed by atoms with Crippen LogP contribution in [0.25, 0.3) is 10.9 Å². The Morgan fingerprint density at radius 1 is 0.944 bits per heavy atom. The average molecular weight is 488 g/mol. The lowest BCUT2D eigenvalue weighted by atomic mass is 9.90. The molecule has 0 bridgehead atoms. The number of methoxy groups -OCH3 is 3. The molecule has 1 unspecified atom stereocenters. The number of aromatic nitrogens is 1. The van der Waals surface area contributed by atoms with Crippen LogP contribution in [0.3, 0.4) is 0 Å². The van der Waals surface area contributed by atoms with E-state index in [4.69, 9.17) is 14.2 Å². The van der Waals surface area contributed by atoms with E-state index < -0.39 is 0 Å². The average Bonchev–Trinajstić information content (AvgIpc) is 3.32. The summed E-state index contributed by atoms with van der Waals surface area (Å²) in [6.45, 7) is 0.465. The second-order valence-electron chi connectivity index (χ2n) is 8.84. The number of nitrogens with zero attached hydrogens (tertiary/aromatic N) is 1. The summed E-state index contributed by atoms with van der Waals surface area (Å²) in [4.78, 5) is 18.5. The largest absolute Gasteiger partial charge is 0.493 e. The number of amides is 1. The SMILES string of the molecule is COc1cc(CC(=O)NCC(c2ccc(N(C)C)cc2)c2c[nH]c3ccccc23)cc(OC)c1OC. The highest BCUT2D eigenvalue weighted by atomic mass is 16.5. The molecule has 0 aliphatic rings. The van der Waals surface area contributed by atoms with Crippen molar-refractivity contribution >= 4 is 22.5 Å². The Morgan fingerprint density at radius 2 is 1.61 bits per heavy atom. The lowest BCUT2D eigenvalue weighted by Gasteiger charge is -2.20. The van der Waals surface area contributed by atoms with Crippen LogP contribution < -0.4 is 24.4 Å². The van der Waals surface area contributed by atoms with Crippen LogP contribution in [-0.4, -0.2) is 52.9 Å². The smallest absolute Gasteiger partial charge is 0.224 e. The molecule has 0 radical (unpaired) electrons. The number of para-hydroxylation sites is 1. The summed E-state index contributed by atoms with van der Waals surface area (Å²) >= 11 is 0. The summed E-state index contributed by atoms with van der Waals surface area (Å²) in [5.41, 5.74) is 5.27. The number of carbonyl (C=O) groups excluding carboxylic acids is 1. The van der Waals surface area contributed by atoms with Gasteiger partial charge in [0.1, 0.15) is 0 Å². The van der Waals surface area contributed by atoms with Crippen molar-refractivity contribution < 1.29 is 19.0 Å². The minimum absolute atomic E-state index is 0.0127. The number of benzene rings is 3. The van der Waals surface area contributed by atoms with E-state index in [0.717, 1.165) is 33.3 Å². The maximum atomic E-state index is 13.0. The molecule has 0 aliphatic carbocycles. The van der Waals surface area contributed by atoms with Gasteiger partial charge in [-0.2, -0.15) is 0 Å². The van der Waals surface area contributed by atoms with Crippen LogP contribution in [0.15, 0.2) is 66.9 Å². The zero-order chi connectivity index (χ0) is 25.7. The van der Waals surface area contributed by atoms with E-state index in [2.05, 4.69) is 51.6 Å². The van der Waals surface area contributed by atoms with E-state index in [0.29, 0.717) is 23.8 Å². The molecule has 3 aromatic carbocycles. The Labute approximate surface area is 212 Å². The minimum Gasteiger partial charge on any atom is -0.493 e. The van der Waals surface area contributed by atoms with Crippen molar-refractivity contribution in [1.82, 2.24) is 10.3 Å². The standard InChI is InChI=1S/C29H33N3O4/c1-32(2)21-12-10-20(11-13-21)23(24-18-30-25-9-7-6-8-22(24)25)17-31-28(33)16-19-14-26(34-3)29(36-5)27(15-19)35-4/h6-15,18,23,30H,16-17H2,1-5H3,(H,31,33). The van der Waals surface area contributed by atoms with Gasteiger partial charge in [-0.1, -0.05) is 30.3 Å². The molecule has 1 atom stereocenters. The van der Waals surface area contributed by atoms with Crippen molar-refractivity contribution in [3.8, 4) is 17.2 Å². The summed E-state index contributed by atoms with van der Waals surface area (Å²) in [6, 6.07) is 20.3. The van der Waals surface area contributed by atoms with Crippen LogP contribution in [0.4, 0.5) is 5.69 Å². The second kappa shape index (κ2) is 11.1. The summed E-state index contributed by atoms with van der Waals surface area (Å²) < 4.78 is 16.2. The molecule has 0 aliphatic heterocycles. The van der Waals surface area contributed by atoms with Crippen LogP contribution in [0.2, 0.25) is 0 Å². The molecule has 0 saturated carbocycles. The Morgan fingerprint density at radius 3 is 2.22 bits per heavy atom. The van der Waals surface area contributed by atoms with E-state index in [-0.39, 0.29) is 18.2 Å². The third-order valence-electron chi connectivity index (χ3n) is 6.40. The van der Waals surface area contributed by atoms with Crippen LogP contribution in [0, 0.1) is 0 Å². The molecule has 0 spiro atoms. The molecule has 7 heteroatoms. The van der Waals surface area contributed by atoms with Gasteiger partial charge >= 0.3 is 0 Å². The molecular weight excluding hydrogens is 454 g/mol. The van der Waals surface area contributed by atoms with Gasteiger partial charge in [-0.3, -0.25) is 4.79 Å². The lowest BCUT2D eigenvalue weighted by molar-refractivity contribution is -0.120. The molecule has 7 nitrogen and oxygen atoms in total. The predicted molar refractivity (Wildman–Crippen MR) is 144 cm³/mol. The number of fused-ring (bicyclic) bond motifs is 1. The Bertz CT molecular complexity index is 1300. The molecule has 4 aromatic rings. The van der Waals surface area contributed by atoms with Gasteiger partial charge in [0, 0.05) is 49.3 Å². The van der Waals surface area contributed by atoms with Gasteiger partial charge in [0.25, 0.3) is 0 Å². The van der Waals surface area contributed by atoms with Crippen LogP contribution >= 0.6 is 0 Å². The molecule has 4 rings (SSSR count). The fraction of sp³-hybridized carbons (Fsp3) is 0.276. The fourth-order valence-electron chi connectivity index (χ4n) is 4.50. The third kappa shape index (κ3) is 5.25. The molecule has 0 fully saturated rings. The number of rotatable bonds is 10. The monoisotopic (exact) mass is 487 g/mol. The van der Waals surface area contributed by atoms with Gasteiger partial charge in [0.05, 0.1) is 27.8 Å². The highest BCUT2D eigenvalue weighted by molar-refractivity contribution is 5.84. The molecule has 0 saturated heterocycles. The summed E-state index contributed by atoms with van der Waals surface area (Å²) in [5, 5.41) is 4.30. The summed E-state index contributed by atoms with van der Waals surface area (Å²) in [5.74, 6) is 1.46. The van der Waals surface area contributed by atoms with Gasteiger partial charge < -0.3 is 29.4 Å². The number of H-pyrrole nitrogens is 1. The van der Waals surface area contributed by atoms with Crippen molar-refractivity contribution in [1.29, 1.82) is 0 Å². The van der Waals surface area contributed by atoms with E-state index in [9.17, 15) is 4.79 Å². The first-order chi connectivity index (χ1) is 17.4. The van der Waals surface area contributed by atoms with E-state index in [1.165, 1.54) is 0 Å². The summed E-state index contributed by atoms with van der Waals surface area (Å²) in [7, 11) is 8.73. The number of hydrogen-bond acceptors (Lipinski definition) is 5. The molecule has 2 N–H and O–H groups in total. The van der Waals surface area contributed by atoms with Crippen molar-refractivity contribution in [3.63, 3.8) is 0 Å². The first kappa shape index (κ1) is 25.0. The van der Waals surface area contributed by atoms with E-state index in [1.807, 2.05) is 32.4 Å². The molecular formula is C29H33N3O4. The number of hydrogen-bond donors (Lipinski definition) is 2. The van der Waals surface area contributed by atoms with Gasteiger partial charge in [-0.25, -0.2) is 0 Å². The van der Waals surface area contributed by atoms with Crippen molar-refractivity contribution in [3.05, 3.63) is 83.6 Å². The number of nitrogens with one attached hydrogen (secondary N) is 2. The van der Waals surface area contributed by atoms with E-state index in [1.54, 1.807) is 33.5 Å². The fourth-order valence-corrected chi connectivity index (χ4v) is 4.50. The topological polar surface area (TPSA) is 75.8 Å². The number of carbonyl (C=O) groups is 1. The van der Waals surface area contributed by atoms with Gasteiger partial charge in [0.2, 0.25) is 11.7 Å². The lowest BCUT2D eigenvalue weighted by Crippen LogP contribution is -2.30. The van der Waals surface area contributed by atoms with E-state index >= 15 is 0 Å². The van der Waals surface area contributed by atoms with Gasteiger partial charge in [-0.05, 0) is 47.0 Å². The van der Waals surface area contributed by atoms with Crippen molar-refractivity contribution in [2.45, 2.75) is 12.3 Å². The number of anilines is 1. The Hall–Kier alpha value is -4.13. The zero-order valence-electron chi connectivity index (χ0n) is 21.4. The Kier molecular flexibility index (Phi) is 7.68. The molecule has 1 amide bonds. The molecule has 36 heavy (non-hydrogen) atoms. The van der Waals surface area contributed by atoms with Crippen molar-refractivity contribution in [2.75, 3.05) is 46.9 Å². The third-order valence-corrected chi connectivity index (χ3v) is 6.40. The van der Waals surface area contributed by atoms with Crippen LogP contribution in [0.1, 0.15) is 22.6 Å². The highest BCUT2D eigenvalue weighted by Crippen LogP contribution is 2.38. The first-order valence-corrected chi connectivity index (χ1v) is 11.8. The second-order valence-corrected chi connectivity index (χ2v) is 8.84. The molecule has 1 aromatic heterocycles. The quantitative estimate of drug-likeness (QED) is 0.338. The highest BCUT2D eigenvalue weighted by Gasteiger charge is 2.20. The Balaban J connectivity index is 1.57. The van der Waals surface area contributed by atoms with Gasteiger partial charge in [-0.15, -0.1) is 0 Å². The number of aromatic amines is 1. The van der Waals surface area contributed by atoms with Crippen molar-refractivity contribution in [2.24, 2.45) is 0 Å². The maximum absolute atomic E-state index is 13.0. The minimum atomic E-state index is -0.0842. The van der Waals surface area contributed by atoms with Gasteiger partial charge in [0.15, 0.2) is 11.5 Å². The number of ether oxygens (including phenoxy) is 3. The zero-order valence-corrected chi connectivity index (χ0v) is 21.4. The van der Waals surface area contributed by atoms with Crippen LogP contribution in [-0.2, 0) is 11.2 Å². The molecule has 188 valence electrons. The van der Waals surface area contributed by atoms with Crippen LogP contribution in [0.5, 0.6) is 17.2 Å². The predicted octanol–water partition coefficient (Wildman–Crippen LogP) is 4.75. The first-order valence-electron chi connectivity index (χ1n) is 11.8. The normalized spacial score (nSPS) is 11.7.